The van der Waals surface area contributed by atoms with Crippen molar-refractivity contribution >= 4 is 22.2 Å². The summed E-state index contributed by atoms with van der Waals surface area (Å²) < 4.78 is 17.5. The fourth-order valence-electron chi connectivity index (χ4n) is 3.77. The van der Waals surface area contributed by atoms with Gasteiger partial charge in [0.1, 0.15) is 28.4 Å². The maximum Gasteiger partial charge on any atom is 0.158 e. The molecule has 29 heavy (non-hydrogen) atoms. The minimum atomic E-state index is -0.411. The third kappa shape index (κ3) is 2.64. The fraction of sp³-hybridized carbons (Fsp3) is 0.0870. The number of imidazole rings is 1. The first-order chi connectivity index (χ1) is 14.0. The van der Waals surface area contributed by atoms with Gasteiger partial charge in [0.2, 0.25) is 0 Å². The minimum Gasteiger partial charge on any atom is -0.382 e. The fourth-order valence-corrected chi connectivity index (χ4v) is 3.77. The van der Waals surface area contributed by atoms with Crippen molar-refractivity contribution < 1.29 is 4.39 Å². The zero-order chi connectivity index (χ0) is 20.1. The number of pyridine rings is 1. The van der Waals surface area contributed by atoms with Crippen molar-refractivity contribution in [2.75, 3.05) is 5.73 Å². The summed E-state index contributed by atoms with van der Waals surface area (Å²) in [6.45, 7) is 3.82. The van der Waals surface area contributed by atoms with Gasteiger partial charge in [0, 0.05) is 28.9 Å². The predicted molar refractivity (Wildman–Crippen MR) is 113 cm³/mol. The molecule has 5 rings (SSSR count). The lowest BCUT2D eigenvalue weighted by molar-refractivity contribution is 0.640. The maximum absolute atomic E-state index is 15.7. The van der Waals surface area contributed by atoms with Gasteiger partial charge in [0.15, 0.2) is 5.82 Å². The zero-order valence-corrected chi connectivity index (χ0v) is 16.0. The van der Waals surface area contributed by atoms with Gasteiger partial charge in [-0.2, -0.15) is 0 Å². The molecule has 0 bridgehead atoms. The molecule has 0 aliphatic rings. The Morgan fingerprint density at radius 2 is 1.79 bits per heavy atom. The monoisotopic (exact) mass is 383 g/mol. The van der Waals surface area contributed by atoms with Gasteiger partial charge < -0.3 is 5.73 Å². The van der Waals surface area contributed by atoms with Crippen LogP contribution in [0.4, 0.5) is 10.2 Å². The van der Waals surface area contributed by atoms with Crippen molar-refractivity contribution in [3.05, 3.63) is 78.1 Å². The van der Waals surface area contributed by atoms with Crippen LogP contribution >= 0.6 is 0 Å². The summed E-state index contributed by atoms with van der Waals surface area (Å²) in [7, 11) is 0. The molecule has 0 aliphatic heterocycles. The van der Waals surface area contributed by atoms with E-state index in [9.17, 15) is 0 Å². The quantitative estimate of drug-likeness (QED) is 0.468. The van der Waals surface area contributed by atoms with Crippen LogP contribution in [0.25, 0.3) is 38.9 Å². The van der Waals surface area contributed by atoms with Crippen LogP contribution in [-0.4, -0.2) is 19.4 Å². The molecule has 3 heterocycles. The Kier molecular flexibility index (Phi) is 3.81. The van der Waals surface area contributed by atoms with E-state index in [2.05, 4.69) is 15.0 Å². The molecular weight excluding hydrogens is 365 g/mol. The lowest BCUT2D eigenvalue weighted by Crippen LogP contribution is -1.98. The zero-order valence-electron chi connectivity index (χ0n) is 16.0. The number of halogens is 1. The second kappa shape index (κ2) is 6.38. The van der Waals surface area contributed by atoms with Gasteiger partial charge in [0.05, 0.1) is 5.69 Å². The van der Waals surface area contributed by atoms with Gasteiger partial charge in [-0.1, -0.05) is 36.4 Å². The van der Waals surface area contributed by atoms with Crippen LogP contribution in [0, 0.1) is 19.7 Å². The molecule has 0 saturated carbocycles. The standard InChI is InChI=1S/C23H18FN5/c1-13-12-18(15-6-4-3-5-7-15)28-20-16(13)8-9-17(19(20)24)21-22-23(25)26-10-11-29(22)14(2)27-21/h3-12H,1-2H3,(H2,25,26). The molecule has 0 atom stereocenters. The summed E-state index contributed by atoms with van der Waals surface area (Å²) in [5.41, 5.74) is 10.5. The normalized spacial score (nSPS) is 11.4. The van der Waals surface area contributed by atoms with Gasteiger partial charge >= 0.3 is 0 Å². The summed E-state index contributed by atoms with van der Waals surface area (Å²) >= 11 is 0. The highest BCUT2D eigenvalue weighted by Gasteiger charge is 2.20. The van der Waals surface area contributed by atoms with Crippen molar-refractivity contribution in [1.82, 2.24) is 19.4 Å². The number of rotatable bonds is 2. The number of aryl methyl sites for hydroxylation is 2. The van der Waals surface area contributed by atoms with E-state index in [1.54, 1.807) is 18.5 Å². The van der Waals surface area contributed by atoms with Crippen molar-refractivity contribution in [1.29, 1.82) is 0 Å². The maximum atomic E-state index is 15.7. The first-order valence-corrected chi connectivity index (χ1v) is 9.29. The highest BCUT2D eigenvalue weighted by atomic mass is 19.1. The average molecular weight is 383 g/mol. The molecule has 5 aromatic rings. The Morgan fingerprint density at radius 3 is 2.59 bits per heavy atom. The van der Waals surface area contributed by atoms with Crippen LogP contribution in [0.2, 0.25) is 0 Å². The summed E-state index contributed by atoms with van der Waals surface area (Å²) in [6.07, 6.45) is 3.38. The van der Waals surface area contributed by atoms with Crippen LogP contribution in [0.1, 0.15) is 11.4 Å². The molecule has 142 valence electrons. The topological polar surface area (TPSA) is 69.1 Å². The number of nitrogens with zero attached hydrogens (tertiary/aromatic N) is 4. The van der Waals surface area contributed by atoms with Crippen molar-refractivity contribution in [2.45, 2.75) is 13.8 Å². The molecule has 6 heteroatoms. The molecule has 0 spiro atoms. The Hall–Kier alpha value is -3.80. The highest BCUT2D eigenvalue weighted by Crippen LogP contribution is 2.34. The van der Waals surface area contributed by atoms with E-state index in [0.717, 1.165) is 22.2 Å². The molecule has 0 aliphatic carbocycles. The van der Waals surface area contributed by atoms with E-state index in [0.29, 0.717) is 33.9 Å². The van der Waals surface area contributed by atoms with Crippen molar-refractivity contribution in [2.24, 2.45) is 0 Å². The number of hydrogen-bond acceptors (Lipinski definition) is 4. The molecule has 0 fully saturated rings. The van der Waals surface area contributed by atoms with Gasteiger partial charge in [-0.25, -0.2) is 19.3 Å². The van der Waals surface area contributed by atoms with Crippen LogP contribution in [0.15, 0.2) is 60.9 Å². The molecular formula is C23H18FN5. The predicted octanol–water partition coefficient (Wildman–Crippen LogP) is 4.95. The number of benzene rings is 2. The summed E-state index contributed by atoms with van der Waals surface area (Å²) in [5, 5.41) is 0.775. The van der Waals surface area contributed by atoms with Crippen molar-refractivity contribution in [3.8, 4) is 22.5 Å². The Balaban J connectivity index is 1.80. The van der Waals surface area contributed by atoms with Crippen LogP contribution in [0.3, 0.4) is 0 Å². The highest BCUT2D eigenvalue weighted by molar-refractivity contribution is 5.93. The lowest BCUT2D eigenvalue weighted by atomic mass is 10.0. The minimum absolute atomic E-state index is 0.310. The van der Waals surface area contributed by atoms with Crippen LogP contribution < -0.4 is 5.73 Å². The Bertz CT molecular complexity index is 1390. The number of aromatic nitrogens is 4. The first-order valence-electron chi connectivity index (χ1n) is 9.29. The summed E-state index contributed by atoms with van der Waals surface area (Å²) in [6, 6.07) is 15.4. The Labute approximate surface area is 166 Å². The van der Waals surface area contributed by atoms with Crippen LogP contribution in [0.5, 0.6) is 0 Å². The molecule has 0 amide bonds. The van der Waals surface area contributed by atoms with Crippen molar-refractivity contribution in [3.63, 3.8) is 0 Å². The molecule has 2 N–H and O–H groups in total. The molecule has 0 unspecified atom stereocenters. The van der Waals surface area contributed by atoms with E-state index in [-0.39, 0.29) is 0 Å². The van der Waals surface area contributed by atoms with Crippen LogP contribution in [-0.2, 0) is 0 Å². The largest absolute Gasteiger partial charge is 0.382 e. The number of fused-ring (bicyclic) bond motifs is 2. The smallest absolute Gasteiger partial charge is 0.158 e. The third-order valence-electron chi connectivity index (χ3n) is 5.21. The molecule has 3 aromatic heterocycles. The van der Waals surface area contributed by atoms with E-state index < -0.39 is 5.82 Å². The number of nitrogens with two attached hydrogens (primary N) is 1. The number of nitrogen functional groups attached to an aromatic ring is 1. The van der Waals surface area contributed by atoms with Gasteiger partial charge in [0.25, 0.3) is 0 Å². The Morgan fingerprint density at radius 1 is 1.00 bits per heavy atom. The first kappa shape index (κ1) is 17.3. The van der Waals surface area contributed by atoms with E-state index in [1.165, 1.54) is 0 Å². The number of hydrogen-bond donors (Lipinski definition) is 1. The SMILES string of the molecule is Cc1cc(-c2ccccc2)nc2c(F)c(-c3nc(C)n4ccnc(N)c34)ccc12. The molecule has 0 radical (unpaired) electrons. The average Bonchev–Trinajstić information content (AvgIpc) is 3.07. The second-order valence-electron chi connectivity index (χ2n) is 7.05. The summed E-state index contributed by atoms with van der Waals surface area (Å²) in [5.74, 6) is 0.613. The van der Waals surface area contributed by atoms with Gasteiger partial charge in [-0.05, 0) is 31.5 Å². The lowest BCUT2D eigenvalue weighted by Gasteiger charge is -2.10. The second-order valence-corrected chi connectivity index (χ2v) is 7.05. The van der Waals surface area contributed by atoms with E-state index in [4.69, 9.17) is 5.73 Å². The number of anilines is 1. The van der Waals surface area contributed by atoms with Gasteiger partial charge in [-0.15, -0.1) is 0 Å². The summed E-state index contributed by atoms with van der Waals surface area (Å²) in [4.78, 5) is 13.4. The molecule has 5 nitrogen and oxygen atoms in total. The molecule has 0 saturated heterocycles. The van der Waals surface area contributed by atoms with E-state index >= 15 is 4.39 Å². The van der Waals surface area contributed by atoms with E-state index in [1.807, 2.05) is 60.7 Å². The molecule has 2 aromatic carbocycles. The van der Waals surface area contributed by atoms with Gasteiger partial charge in [-0.3, -0.25) is 4.40 Å². The third-order valence-corrected chi connectivity index (χ3v) is 5.21.